The van der Waals surface area contributed by atoms with E-state index in [1.807, 2.05) is 24.3 Å². The monoisotopic (exact) mass is 283 g/mol. The second-order valence-electron chi connectivity index (χ2n) is 4.41. The van der Waals surface area contributed by atoms with Gasteiger partial charge in [-0.3, -0.25) is 4.98 Å². The van der Waals surface area contributed by atoms with Gasteiger partial charge in [-0.1, -0.05) is 29.8 Å². The van der Waals surface area contributed by atoms with Crippen LogP contribution in [0.2, 0.25) is 5.02 Å². The molecule has 0 bridgehead atoms. The quantitative estimate of drug-likeness (QED) is 0.765. The summed E-state index contributed by atoms with van der Waals surface area (Å²) in [7, 11) is 0. The van der Waals surface area contributed by atoms with Crippen molar-refractivity contribution < 1.29 is 9.90 Å². The molecule has 0 unspecified atom stereocenters. The highest BCUT2D eigenvalue weighted by molar-refractivity contribution is 6.30. The zero-order valence-electron chi connectivity index (χ0n) is 10.4. The Morgan fingerprint density at radius 3 is 2.60 bits per heavy atom. The Morgan fingerprint density at radius 1 is 1.05 bits per heavy atom. The molecule has 3 aromatic rings. The van der Waals surface area contributed by atoms with Crippen molar-refractivity contribution in [3.8, 4) is 11.1 Å². The van der Waals surface area contributed by atoms with E-state index >= 15 is 0 Å². The van der Waals surface area contributed by atoms with Gasteiger partial charge in [0.25, 0.3) is 0 Å². The van der Waals surface area contributed by atoms with Crippen LogP contribution < -0.4 is 0 Å². The molecule has 20 heavy (non-hydrogen) atoms. The number of aromatic nitrogens is 1. The van der Waals surface area contributed by atoms with Crippen LogP contribution in [0, 0.1) is 0 Å². The third-order valence-corrected chi connectivity index (χ3v) is 3.35. The molecule has 0 atom stereocenters. The zero-order valence-corrected chi connectivity index (χ0v) is 11.1. The number of pyridine rings is 1. The number of nitrogens with zero attached hydrogens (tertiary/aromatic N) is 1. The van der Waals surface area contributed by atoms with Crippen molar-refractivity contribution in [1.29, 1.82) is 0 Å². The van der Waals surface area contributed by atoms with Gasteiger partial charge in [-0.25, -0.2) is 4.79 Å². The summed E-state index contributed by atoms with van der Waals surface area (Å²) in [4.78, 5) is 15.6. The van der Waals surface area contributed by atoms with E-state index in [1.165, 1.54) is 0 Å². The molecule has 0 aliphatic heterocycles. The summed E-state index contributed by atoms with van der Waals surface area (Å²) in [6.45, 7) is 0. The van der Waals surface area contributed by atoms with E-state index in [2.05, 4.69) is 4.98 Å². The van der Waals surface area contributed by atoms with Gasteiger partial charge in [-0.15, -0.1) is 0 Å². The number of carboxylic acid groups (broad SMARTS) is 1. The molecule has 1 aromatic heterocycles. The first-order valence-corrected chi connectivity index (χ1v) is 6.41. The number of carbonyl (C=O) groups is 1. The summed E-state index contributed by atoms with van der Waals surface area (Å²) >= 11 is 5.98. The molecule has 0 aliphatic rings. The van der Waals surface area contributed by atoms with E-state index in [0.717, 1.165) is 11.1 Å². The third kappa shape index (κ3) is 2.24. The minimum atomic E-state index is -0.958. The van der Waals surface area contributed by atoms with Gasteiger partial charge in [0.2, 0.25) is 0 Å². The van der Waals surface area contributed by atoms with Crippen molar-refractivity contribution in [3.05, 3.63) is 65.3 Å². The van der Waals surface area contributed by atoms with E-state index in [1.54, 1.807) is 30.5 Å². The first-order chi connectivity index (χ1) is 9.65. The highest BCUT2D eigenvalue weighted by Gasteiger charge is 2.10. The molecule has 0 aliphatic carbocycles. The predicted molar refractivity (Wildman–Crippen MR) is 79.1 cm³/mol. The maximum Gasteiger partial charge on any atom is 0.336 e. The van der Waals surface area contributed by atoms with Crippen LogP contribution in [-0.4, -0.2) is 16.1 Å². The number of hydrogen-bond donors (Lipinski definition) is 1. The molecular formula is C16H10ClNO2. The summed E-state index contributed by atoms with van der Waals surface area (Å²) in [6, 6.07) is 14.3. The van der Waals surface area contributed by atoms with E-state index in [-0.39, 0.29) is 5.56 Å². The van der Waals surface area contributed by atoms with Crippen LogP contribution in [0.1, 0.15) is 10.4 Å². The first-order valence-electron chi connectivity index (χ1n) is 6.03. The average Bonchev–Trinajstić information content (AvgIpc) is 2.46. The van der Waals surface area contributed by atoms with E-state index in [4.69, 9.17) is 11.6 Å². The molecule has 0 spiro atoms. The van der Waals surface area contributed by atoms with Crippen molar-refractivity contribution in [2.75, 3.05) is 0 Å². The van der Waals surface area contributed by atoms with Crippen molar-refractivity contribution in [3.63, 3.8) is 0 Å². The van der Waals surface area contributed by atoms with E-state index in [9.17, 15) is 9.90 Å². The van der Waals surface area contributed by atoms with Crippen LogP contribution in [0.4, 0.5) is 0 Å². The van der Waals surface area contributed by atoms with Crippen molar-refractivity contribution in [2.24, 2.45) is 0 Å². The number of carboxylic acids is 1. The molecule has 3 rings (SSSR count). The van der Waals surface area contributed by atoms with Crippen molar-refractivity contribution in [1.82, 2.24) is 4.98 Å². The van der Waals surface area contributed by atoms with Crippen LogP contribution in [0.5, 0.6) is 0 Å². The largest absolute Gasteiger partial charge is 0.478 e. The highest BCUT2D eigenvalue weighted by Crippen LogP contribution is 2.26. The maximum absolute atomic E-state index is 11.3. The number of benzene rings is 2. The molecule has 1 N–H and O–H groups in total. The minimum absolute atomic E-state index is 0.249. The van der Waals surface area contributed by atoms with Gasteiger partial charge in [0.1, 0.15) is 0 Å². The Labute approximate surface area is 120 Å². The summed E-state index contributed by atoms with van der Waals surface area (Å²) in [5, 5.41) is 10.5. The number of rotatable bonds is 2. The molecule has 0 radical (unpaired) electrons. The Kier molecular flexibility index (Phi) is 3.12. The SMILES string of the molecule is O=C(O)c1cccc2ncc(-c3cccc(Cl)c3)cc12. The lowest BCUT2D eigenvalue weighted by Crippen LogP contribution is -1.98. The summed E-state index contributed by atoms with van der Waals surface area (Å²) in [5.74, 6) is -0.958. The lowest BCUT2D eigenvalue weighted by atomic mass is 10.0. The number of aromatic carboxylic acids is 1. The van der Waals surface area contributed by atoms with Gasteiger partial charge < -0.3 is 5.11 Å². The normalized spacial score (nSPS) is 10.7. The van der Waals surface area contributed by atoms with Crippen LogP contribution in [-0.2, 0) is 0 Å². The van der Waals surface area contributed by atoms with Crippen LogP contribution in [0.25, 0.3) is 22.0 Å². The van der Waals surface area contributed by atoms with Crippen LogP contribution in [0.15, 0.2) is 54.7 Å². The number of fused-ring (bicyclic) bond motifs is 1. The van der Waals surface area contributed by atoms with Gasteiger partial charge in [0.15, 0.2) is 0 Å². The molecule has 98 valence electrons. The summed E-state index contributed by atoms with van der Waals surface area (Å²) in [5.41, 5.74) is 2.66. The van der Waals surface area contributed by atoms with Crippen LogP contribution >= 0.6 is 11.6 Å². The average molecular weight is 284 g/mol. The fourth-order valence-corrected chi connectivity index (χ4v) is 2.35. The van der Waals surface area contributed by atoms with Crippen molar-refractivity contribution in [2.45, 2.75) is 0 Å². The number of hydrogen-bond acceptors (Lipinski definition) is 2. The molecule has 0 saturated carbocycles. The van der Waals surface area contributed by atoms with Gasteiger partial charge in [0.05, 0.1) is 11.1 Å². The van der Waals surface area contributed by atoms with E-state index < -0.39 is 5.97 Å². The molecule has 2 aromatic carbocycles. The molecule has 0 saturated heterocycles. The third-order valence-electron chi connectivity index (χ3n) is 3.11. The highest BCUT2D eigenvalue weighted by atomic mass is 35.5. The molecule has 3 nitrogen and oxygen atoms in total. The van der Waals surface area contributed by atoms with Gasteiger partial charge in [-0.2, -0.15) is 0 Å². The molecule has 0 fully saturated rings. The Hall–Kier alpha value is -2.39. The molecule has 1 heterocycles. The topological polar surface area (TPSA) is 50.2 Å². The smallest absolute Gasteiger partial charge is 0.336 e. The Bertz CT molecular complexity index is 814. The maximum atomic E-state index is 11.3. The lowest BCUT2D eigenvalue weighted by molar-refractivity contribution is 0.0699. The fourth-order valence-electron chi connectivity index (χ4n) is 2.16. The fraction of sp³-hybridized carbons (Fsp3) is 0. The van der Waals surface area contributed by atoms with E-state index in [0.29, 0.717) is 15.9 Å². The lowest BCUT2D eigenvalue weighted by Gasteiger charge is -2.06. The van der Waals surface area contributed by atoms with Crippen molar-refractivity contribution >= 4 is 28.5 Å². The Balaban J connectivity index is 2.24. The second kappa shape index (κ2) is 4.94. The van der Waals surface area contributed by atoms with Gasteiger partial charge in [0, 0.05) is 22.2 Å². The minimum Gasteiger partial charge on any atom is -0.478 e. The molecular weight excluding hydrogens is 274 g/mol. The molecule has 0 amide bonds. The number of halogens is 1. The van der Waals surface area contributed by atoms with Gasteiger partial charge >= 0.3 is 5.97 Å². The Morgan fingerprint density at radius 2 is 1.85 bits per heavy atom. The summed E-state index contributed by atoms with van der Waals surface area (Å²) < 4.78 is 0. The second-order valence-corrected chi connectivity index (χ2v) is 4.85. The summed E-state index contributed by atoms with van der Waals surface area (Å²) in [6.07, 6.45) is 1.72. The molecule has 4 heteroatoms. The first kappa shape index (κ1) is 12.6. The predicted octanol–water partition coefficient (Wildman–Crippen LogP) is 4.25. The zero-order chi connectivity index (χ0) is 14.1. The standard InChI is InChI=1S/C16H10ClNO2/c17-12-4-1-3-10(7-12)11-8-14-13(16(19)20)5-2-6-15(14)18-9-11/h1-9H,(H,19,20). The van der Waals surface area contributed by atoms with Crippen LogP contribution in [0.3, 0.4) is 0 Å². The van der Waals surface area contributed by atoms with Gasteiger partial charge in [-0.05, 0) is 35.9 Å².